The summed E-state index contributed by atoms with van der Waals surface area (Å²) in [5, 5.41) is 0.968. The highest BCUT2D eigenvalue weighted by Crippen LogP contribution is 2.18. The average molecular weight is 220 g/mol. The number of hydrazine groups is 1. The number of carbonyl (C=O) groups excluding carboxylic acids is 1. The van der Waals surface area contributed by atoms with Gasteiger partial charge in [0.1, 0.15) is 11.6 Å². The molecule has 1 heterocycles. The normalized spacial score (nSPS) is 12.7. The Morgan fingerprint density at radius 1 is 1.56 bits per heavy atom. The lowest BCUT2D eigenvalue weighted by Gasteiger charge is -2.16. The number of carbonyl (C=O) groups is 1. The van der Waals surface area contributed by atoms with Gasteiger partial charge in [-0.05, 0) is 17.7 Å². The van der Waals surface area contributed by atoms with Gasteiger partial charge in [-0.1, -0.05) is 6.07 Å². The lowest BCUT2D eigenvalue weighted by molar-refractivity contribution is -0.131. The number of nitrogens with two attached hydrogens (primary N) is 2. The van der Waals surface area contributed by atoms with Crippen LogP contribution in [0.2, 0.25) is 0 Å². The summed E-state index contributed by atoms with van der Waals surface area (Å²) < 4.78 is 5.13. The Morgan fingerprint density at radius 3 is 3.00 bits per heavy atom. The van der Waals surface area contributed by atoms with Crippen LogP contribution in [0.4, 0.5) is 0 Å². The molecule has 0 aliphatic heterocycles. The van der Waals surface area contributed by atoms with Crippen molar-refractivity contribution in [2.75, 3.05) is 7.05 Å². The third-order valence-corrected chi connectivity index (χ3v) is 2.33. The molecular formula is C10H12N4O2. The Hall–Kier alpha value is -1.92. The number of oxazole rings is 1. The zero-order chi connectivity index (χ0) is 11.7. The lowest BCUT2D eigenvalue weighted by Crippen LogP contribution is -2.40. The minimum atomic E-state index is -0.788. The Bertz CT molecular complexity index is 520. The molecule has 0 saturated carbocycles. The number of nitrogens with zero attached hydrogens (tertiary/aromatic N) is 2. The number of rotatable bonds is 2. The fraction of sp³-hybridized carbons (Fsp3) is 0.200. The summed E-state index contributed by atoms with van der Waals surface area (Å²) in [5.41, 5.74) is 7.73. The zero-order valence-electron chi connectivity index (χ0n) is 8.75. The van der Waals surface area contributed by atoms with E-state index in [2.05, 4.69) is 4.98 Å². The van der Waals surface area contributed by atoms with Crippen LogP contribution in [0.5, 0.6) is 0 Å². The molecule has 0 aliphatic carbocycles. The van der Waals surface area contributed by atoms with Gasteiger partial charge in [-0.3, -0.25) is 9.80 Å². The molecular weight excluding hydrogens is 208 g/mol. The number of amides is 1. The fourth-order valence-electron chi connectivity index (χ4n) is 1.43. The number of benzene rings is 1. The minimum Gasteiger partial charge on any atom is -0.443 e. The van der Waals surface area contributed by atoms with Gasteiger partial charge >= 0.3 is 0 Å². The highest BCUT2D eigenvalue weighted by atomic mass is 16.3. The van der Waals surface area contributed by atoms with Crippen LogP contribution in [0.15, 0.2) is 29.0 Å². The standard InChI is InChI=1S/C10H12N4O2/c1-14(12)10(15)9(11)6-2-3-7-8(4-6)16-5-13-7/h2-5,9H,11-12H2,1H3. The molecule has 84 valence electrons. The van der Waals surface area contributed by atoms with E-state index in [0.29, 0.717) is 11.1 Å². The second-order valence-corrected chi connectivity index (χ2v) is 3.51. The molecule has 16 heavy (non-hydrogen) atoms. The van der Waals surface area contributed by atoms with Crippen LogP contribution in [0.3, 0.4) is 0 Å². The van der Waals surface area contributed by atoms with Crippen LogP contribution < -0.4 is 11.6 Å². The predicted molar refractivity (Wildman–Crippen MR) is 57.9 cm³/mol. The molecule has 6 nitrogen and oxygen atoms in total. The molecule has 0 saturated heterocycles. The second-order valence-electron chi connectivity index (χ2n) is 3.51. The lowest BCUT2D eigenvalue weighted by atomic mass is 10.1. The first-order chi connectivity index (χ1) is 7.59. The van der Waals surface area contributed by atoms with Crippen LogP contribution in [-0.2, 0) is 4.79 Å². The number of likely N-dealkylation sites (N-methyl/N-ethyl adjacent to an activating group) is 1. The first-order valence-electron chi connectivity index (χ1n) is 4.70. The molecule has 0 radical (unpaired) electrons. The fourth-order valence-corrected chi connectivity index (χ4v) is 1.43. The van der Waals surface area contributed by atoms with Gasteiger partial charge in [0.05, 0.1) is 0 Å². The first kappa shape index (κ1) is 10.6. The molecule has 1 aromatic carbocycles. The van der Waals surface area contributed by atoms with Gasteiger partial charge in [-0.15, -0.1) is 0 Å². The number of aromatic nitrogens is 1. The van der Waals surface area contributed by atoms with E-state index in [9.17, 15) is 4.79 Å². The molecule has 1 aromatic heterocycles. The predicted octanol–water partition coefficient (Wildman–Crippen LogP) is 0.160. The Balaban J connectivity index is 2.35. The van der Waals surface area contributed by atoms with Gasteiger partial charge in [0, 0.05) is 7.05 Å². The van der Waals surface area contributed by atoms with Crippen molar-refractivity contribution in [2.24, 2.45) is 11.6 Å². The summed E-state index contributed by atoms with van der Waals surface area (Å²) in [6, 6.07) is 4.38. The van der Waals surface area contributed by atoms with E-state index in [0.717, 1.165) is 10.5 Å². The molecule has 0 spiro atoms. The molecule has 0 bridgehead atoms. The van der Waals surface area contributed by atoms with E-state index in [1.807, 2.05) is 0 Å². The molecule has 6 heteroatoms. The molecule has 1 atom stereocenters. The monoisotopic (exact) mass is 220 g/mol. The Labute approximate surface area is 91.8 Å². The maximum Gasteiger partial charge on any atom is 0.257 e. The number of hydrogen-bond donors (Lipinski definition) is 2. The molecule has 2 aromatic rings. The van der Waals surface area contributed by atoms with E-state index in [-0.39, 0.29) is 5.91 Å². The van der Waals surface area contributed by atoms with E-state index in [1.165, 1.54) is 13.4 Å². The zero-order valence-corrected chi connectivity index (χ0v) is 8.75. The highest BCUT2D eigenvalue weighted by molar-refractivity contribution is 5.84. The van der Waals surface area contributed by atoms with Crippen molar-refractivity contribution in [3.63, 3.8) is 0 Å². The molecule has 1 unspecified atom stereocenters. The summed E-state index contributed by atoms with van der Waals surface area (Å²) in [6.45, 7) is 0. The van der Waals surface area contributed by atoms with Crippen molar-refractivity contribution in [1.82, 2.24) is 9.99 Å². The number of fused-ring (bicyclic) bond motifs is 1. The number of hydrogen-bond acceptors (Lipinski definition) is 5. The summed E-state index contributed by atoms with van der Waals surface area (Å²) in [7, 11) is 1.45. The second kappa shape index (κ2) is 3.92. The van der Waals surface area contributed by atoms with Crippen molar-refractivity contribution in [3.05, 3.63) is 30.2 Å². The smallest absolute Gasteiger partial charge is 0.257 e. The van der Waals surface area contributed by atoms with Crippen LogP contribution in [0.25, 0.3) is 11.1 Å². The highest BCUT2D eigenvalue weighted by Gasteiger charge is 2.18. The van der Waals surface area contributed by atoms with Crippen molar-refractivity contribution in [3.8, 4) is 0 Å². The third kappa shape index (κ3) is 1.75. The maximum atomic E-state index is 11.5. The van der Waals surface area contributed by atoms with Crippen molar-refractivity contribution < 1.29 is 9.21 Å². The first-order valence-corrected chi connectivity index (χ1v) is 4.70. The molecule has 4 N–H and O–H groups in total. The summed E-state index contributed by atoms with van der Waals surface area (Å²) in [4.78, 5) is 15.5. The molecule has 0 fully saturated rings. The van der Waals surface area contributed by atoms with E-state index in [4.69, 9.17) is 16.0 Å². The van der Waals surface area contributed by atoms with Crippen molar-refractivity contribution in [2.45, 2.75) is 6.04 Å². The summed E-state index contributed by atoms with van der Waals surface area (Å²) >= 11 is 0. The van der Waals surface area contributed by atoms with Gasteiger partial charge in [0.25, 0.3) is 5.91 Å². The summed E-state index contributed by atoms with van der Waals surface area (Å²) in [5.74, 6) is 4.97. The van der Waals surface area contributed by atoms with Gasteiger partial charge in [-0.2, -0.15) is 0 Å². The molecule has 2 rings (SSSR count). The van der Waals surface area contributed by atoms with Crippen LogP contribution in [-0.4, -0.2) is 22.9 Å². The Morgan fingerprint density at radius 2 is 2.31 bits per heavy atom. The Kier molecular flexibility index (Phi) is 2.59. The summed E-state index contributed by atoms with van der Waals surface area (Å²) in [6.07, 6.45) is 1.34. The van der Waals surface area contributed by atoms with Crippen molar-refractivity contribution in [1.29, 1.82) is 0 Å². The quantitative estimate of drug-likeness (QED) is 0.426. The van der Waals surface area contributed by atoms with Gasteiger partial charge in [0.2, 0.25) is 0 Å². The SMILES string of the molecule is CN(N)C(=O)C(N)c1ccc2ncoc2c1. The van der Waals surface area contributed by atoms with Gasteiger partial charge in [0.15, 0.2) is 12.0 Å². The average Bonchev–Trinajstić information content (AvgIpc) is 2.73. The van der Waals surface area contributed by atoms with E-state index in [1.54, 1.807) is 18.2 Å². The third-order valence-electron chi connectivity index (χ3n) is 2.33. The van der Waals surface area contributed by atoms with Crippen LogP contribution >= 0.6 is 0 Å². The largest absolute Gasteiger partial charge is 0.443 e. The van der Waals surface area contributed by atoms with Gasteiger partial charge in [-0.25, -0.2) is 10.8 Å². The van der Waals surface area contributed by atoms with Crippen LogP contribution in [0, 0.1) is 0 Å². The molecule has 1 amide bonds. The topological polar surface area (TPSA) is 98.4 Å². The van der Waals surface area contributed by atoms with E-state index >= 15 is 0 Å². The minimum absolute atomic E-state index is 0.362. The molecule has 0 aliphatic rings. The maximum absolute atomic E-state index is 11.5. The van der Waals surface area contributed by atoms with Crippen LogP contribution in [0.1, 0.15) is 11.6 Å². The van der Waals surface area contributed by atoms with Gasteiger partial charge < -0.3 is 10.2 Å². The van der Waals surface area contributed by atoms with E-state index < -0.39 is 6.04 Å². The van der Waals surface area contributed by atoms with Crippen molar-refractivity contribution >= 4 is 17.0 Å².